The van der Waals surface area contributed by atoms with Gasteiger partial charge in [-0.1, -0.05) is 6.07 Å². The average molecular weight is 310 g/mol. The first-order valence-electron chi connectivity index (χ1n) is 5.12. The van der Waals surface area contributed by atoms with Crippen LogP contribution in [0.2, 0.25) is 0 Å². The Morgan fingerprint density at radius 2 is 2.11 bits per heavy atom. The minimum absolute atomic E-state index is 0.0398. The number of halogens is 2. The number of nitrogens with zero attached hydrogens (tertiary/aromatic N) is 1. The molecule has 0 fully saturated rings. The fourth-order valence-electron chi connectivity index (χ4n) is 1.49. The predicted octanol–water partition coefficient (Wildman–Crippen LogP) is 3.22. The van der Waals surface area contributed by atoms with Crippen LogP contribution in [0.25, 0.3) is 0 Å². The quantitative estimate of drug-likeness (QED) is 0.817. The van der Waals surface area contributed by atoms with Gasteiger partial charge in [0.15, 0.2) is 11.6 Å². The van der Waals surface area contributed by atoms with Crippen LogP contribution >= 0.6 is 15.9 Å². The first kappa shape index (κ1) is 12.7. The van der Waals surface area contributed by atoms with E-state index in [-0.39, 0.29) is 17.0 Å². The van der Waals surface area contributed by atoms with Gasteiger partial charge in [0, 0.05) is 10.7 Å². The summed E-state index contributed by atoms with van der Waals surface area (Å²) in [7, 11) is 1.35. The number of ketones is 1. The van der Waals surface area contributed by atoms with Gasteiger partial charge in [0.25, 0.3) is 0 Å². The molecule has 0 unspecified atom stereocenters. The minimum atomic E-state index is -0.672. The van der Waals surface area contributed by atoms with E-state index in [1.807, 2.05) is 0 Å². The van der Waals surface area contributed by atoms with Crippen LogP contribution in [-0.2, 0) is 0 Å². The van der Waals surface area contributed by atoms with Crippen LogP contribution < -0.4 is 4.74 Å². The molecule has 18 heavy (non-hydrogen) atoms. The van der Waals surface area contributed by atoms with Crippen molar-refractivity contribution < 1.29 is 13.9 Å². The Morgan fingerprint density at radius 1 is 1.33 bits per heavy atom. The van der Waals surface area contributed by atoms with Gasteiger partial charge >= 0.3 is 0 Å². The zero-order valence-electron chi connectivity index (χ0n) is 9.48. The number of carbonyl (C=O) groups excluding carboxylic acids is 1. The highest BCUT2D eigenvalue weighted by Gasteiger charge is 2.17. The lowest BCUT2D eigenvalue weighted by Gasteiger charge is -2.06. The van der Waals surface area contributed by atoms with E-state index in [0.717, 1.165) is 4.47 Å². The van der Waals surface area contributed by atoms with Crippen molar-refractivity contribution in [1.82, 2.24) is 4.98 Å². The molecular formula is C13H9BrFNO2. The van der Waals surface area contributed by atoms with Gasteiger partial charge < -0.3 is 4.74 Å². The zero-order valence-corrected chi connectivity index (χ0v) is 11.1. The standard InChI is InChI=1S/C13H9BrFNO2/c1-18-11-4-2-3-9(12(11)15)13(17)10-6-5-8(14)7-16-10/h2-7H,1H3. The van der Waals surface area contributed by atoms with Crippen LogP contribution in [0.4, 0.5) is 4.39 Å². The molecule has 0 aliphatic carbocycles. The highest BCUT2D eigenvalue weighted by molar-refractivity contribution is 9.10. The van der Waals surface area contributed by atoms with E-state index in [1.165, 1.54) is 31.5 Å². The normalized spacial score (nSPS) is 10.2. The number of hydrogen-bond acceptors (Lipinski definition) is 3. The Bertz CT molecular complexity index is 584. The van der Waals surface area contributed by atoms with Gasteiger partial charge in [-0.15, -0.1) is 0 Å². The molecular weight excluding hydrogens is 301 g/mol. The third-order valence-electron chi connectivity index (χ3n) is 2.39. The summed E-state index contributed by atoms with van der Waals surface area (Å²) in [5, 5.41) is 0. The summed E-state index contributed by atoms with van der Waals surface area (Å²) in [6.45, 7) is 0. The van der Waals surface area contributed by atoms with E-state index >= 15 is 0 Å². The summed E-state index contributed by atoms with van der Waals surface area (Å²) in [6.07, 6.45) is 1.49. The summed E-state index contributed by atoms with van der Waals surface area (Å²) in [4.78, 5) is 16.0. The summed E-state index contributed by atoms with van der Waals surface area (Å²) in [6, 6.07) is 7.64. The van der Waals surface area contributed by atoms with Crippen molar-refractivity contribution in [3.63, 3.8) is 0 Å². The van der Waals surface area contributed by atoms with E-state index in [4.69, 9.17) is 4.74 Å². The Morgan fingerprint density at radius 3 is 2.72 bits per heavy atom. The molecule has 1 aromatic carbocycles. The lowest BCUT2D eigenvalue weighted by Crippen LogP contribution is -2.07. The number of methoxy groups -OCH3 is 1. The highest BCUT2D eigenvalue weighted by atomic mass is 79.9. The van der Waals surface area contributed by atoms with Crippen LogP contribution in [0, 0.1) is 5.82 Å². The molecule has 5 heteroatoms. The van der Waals surface area contributed by atoms with Crippen molar-refractivity contribution in [2.75, 3.05) is 7.11 Å². The van der Waals surface area contributed by atoms with Crippen molar-refractivity contribution in [1.29, 1.82) is 0 Å². The molecule has 0 N–H and O–H groups in total. The van der Waals surface area contributed by atoms with Gasteiger partial charge in [-0.3, -0.25) is 9.78 Å². The number of aromatic nitrogens is 1. The molecule has 0 amide bonds. The topological polar surface area (TPSA) is 39.2 Å². The summed E-state index contributed by atoms with van der Waals surface area (Å²) >= 11 is 3.22. The van der Waals surface area contributed by atoms with Crippen LogP contribution in [0.15, 0.2) is 41.0 Å². The van der Waals surface area contributed by atoms with Crippen LogP contribution in [-0.4, -0.2) is 17.9 Å². The van der Waals surface area contributed by atoms with Gasteiger partial charge in [-0.25, -0.2) is 4.39 Å². The highest BCUT2D eigenvalue weighted by Crippen LogP contribution is 2.22. The van der Waals surface area contributed by atoms with Gasteiger partial charge in [-0.2, -0.15) is 0 Å². The van der Waals surface area contributed by atoms with Gasteiger partial charge in [0.05, 0.1) is 12.7 Å². The molecule has 3 nitrogen and oxygen atoms in total. The van der Waals surface area contributed by atoms with Crippen LogP contribution in [0.5, 0.6) is 5.75 Å². The summed E-state index contributed by atoms with van der Waals surface area (Å²) in [5.74, 6) is -1.11. The molecule has 0 bridgehead atoms. The largest absolute Gasteiger partial charge is 0.494 e. The number of benzene rings is 1. The fraction of sp³-hybridized carbons (Fsp3) is 0.0769. The average Bonchev–Trinajstić information content (AvgIpc) is 2.39. The number of ether oxygens (including phenoxy) is 1. The van der Waals surface area contributed by atoms with E-state index in [9.17, 15) is 9.18 Å². The van der Waals surface area contributed by atoms with Gasteiger partial charge in [0.1, 0.15) is 5.69 Å². The molecule has 0 radical (unpaired) electrons. The van der Waals surface area contributed by atoms with Gasteiger partial charge in [-0.05, 0) is 40.2 Å². The monoisotopic (exact) mass is 309 g/mol. The summed E-state index contributed by atoms with van der Waals surface area (Å²) < 4.78 is 19.5. The molecule has 0 saturated heterocycles. The molecule has 92 valence electrons. The molecule has 0 aliphatic heterocycles. The van der Waals surface area contributed by atoms with E-state index in [1.54, 1.807) is 12.1 Å². The second-order valence-electron chi connectivity index (χ2n) is 3.51. The number of pyridine rings is 1. The minimum Gasteiger partial charge on any atom is -0.494 e. The molecule has 0 atom stereocenters. The second kappa shape index (κ2) is 5.27. The Kier molecular flexibility index (Phi) is 3.72. The zero-order chi connectivity index (χ0) is 13.1. The molecule has 0 spiro atoms. The SMILES string of the molecule is COc1cccc(C(=O)c2ccc(Br)cn2)c1F. The van der Waals surface area contributed by atoms with Crippen molar-refractivity contribution in [3.05, 3.63) is 58.1 Å². The number of carbonyl (C=O) groups is 1. The Hall–Kier alpha value is -1.75. The first-order chi connectivity index (χ1) is 8.63. The lowest BCUT2D eigenvalue weighted by molar-refractivity contribution is 0.103. The van der Waals surface area contributed by atoms with Crippen LogP contribution in [0.3, 0.4) is 0 Å². The first-order valence-corrected chi connectivity index (χ1v) is 5.91. The maximum Gasteiger partial charge on any atom is 0.214 e. The van der Waals surface area contributed by atoms with Gasteiger partial charge in [0.2, 0.25) is 5.78 Å². The lowest BCUT2D eigenvalue weighted by atomic mass is 10.1. The predicted molar refractivity (Wildman–Crippen MR) is 68.3 cm³/mol. The second-order valence-corrected chi connectivity index (χ2v) is 4.43. The molecule has 0 saturated carbocycles. The molecule has 2 aromatic rings. The van der Waals surface area contributed by atoms with Crippen molar-refractivity contribution in [3.8, 4) is 5.75 Å². The van der Waals surface area contributed by atoms with E-state index < -0.39 is 11.6 Å². The third-order valence-corrected chi connectivity index (χ3v) is 2.86. The maximum absolute atomic E-state index is 13.9. The Labute approximate surface area is 112 Å². The molecule has 2 rings (SSSR count). The third kappa shape index (κ3) is 2.41. The Balaban J connectivity index is 2.43. The smallest absolute Gasteiger partial charge is 0.214 e. The van der Waals surface area contributed by atoms with E-state index in [0.29, 0.717) is 0 Å². The summed E-state index contributed by atoms with van der Waals surface area (Å²) in [5.41, 5.74) is 0.134. The molecule has 0 aliphatic rings. The molecule has 1 heterocycles. The van der Waals surface area contributed by atoms with Crippen molar-refractivity contribution in [2.24, 2.45) is 0 Å². The van der Waals surface area contributed by atoms with E-state index in [2.05, 4.69) is 20.9 Å². The maximum atomic E-state index is 13.9. The fourth-order valence-corrected chi connectivity index (χ4v) is 1.73. The number of rotatable bonds is 3. The molecule has 1 aromatic heterocycles. The number of hydrogen-bond donors (Lipinski definition) is 0. The van der Waals surface area contributed by atoms with Crippen molar-refractivity contribution in [2.45, 2.75) is 0 Å². The van der Waals surface area contributed by atoms with Crippen molar-refractivity contribution >= 4 is 21.7 Å². The van der Waals surface area contributed by atoms with Crippen LogP contribution in [0.1, 0.15) is 16.1 Å².